The van der Waals surface area contributed by atoms with Crippen LogP contribution in [0, 0.1) is 5.92 Å². The van der Waals surface area contributed by atoms with Crippen LogP contribution < -0.4 is 5.73 Å². The molecule has 2 N–H and O–H groups in total. The minimum absolute atomic E-state index is 0.105. The van der Waals surface area contributed by atoms with Crippen molar-refractivity contribution in [1.82, 2.24) is 9.80 Å². The van der Waals surface area contributed by atoms with Crippen LogP contribution in [-0.2, 0) is 4.74 Å². The molecule has 0 aromatic heterocycles. The molecule has 0 aliphatic carbocycles. The Kier molecular flexibility index (Phi) is 8.26. The minimum atomic E-state index is -0.484. The zero-order valence-electron chi connectivity index (χ0n) is 18.7. The van der Waals surface area contributed by atoms with Crippen LogP contribution in [0.25, 0.3) is 0 Å². The van der Waals surface area contributed by atoms with E-state index in [4.69, 9.17) is 15.5 Å². The Morgan fingerprint density at radius 1 is 1.28 bits per heavy atom. The van der Waals surface area contributed by atoms with E-state index in [1.54, 1.807) is 14.1 Å². The number of unbranched alkanes of at least 4 members (excludes halogenated alkanes) is 1. The van der Waals surface area contributed by atoms with Gasteiger partial charge in [-0.2, -0.15) is 0 Å². The van der Waals surface area contributed by atoms with Crippen LogP contribution >= 0.6 is 0 Å². The van der Waals surface area contributed by atoms with Crippen LogP contribution in [0.3, 0.4) is 0 Å². The fourth-order valence-electron chi connectivity index (χ4n) is 3.52. The van der Waals surface area contributed by atoms with Gasteiger partial charge in [0.25, 0.3) is 0 Å². The quantitative estimate of drug-likeness (QED) is 0.695. The predicted molar refractivity (Wildman–Crippen MR) is 119 cm³/mol. The Morgan fingerprint density at radius 3 is 2.48 bits per heavy atom. The van der Waals surface area contributed by atoms with Crippen molar-refractivity contribution in [3.05, 3.63) is 47.4 Å². The highest BCUT2D eigenvalue weighted by Gasteiger charge is 2.32. The van der Waals surface area contributed by atoms with Crippen molar-refractivity contribution >= 4 is 11.8 Å². The second-order valence-corrected chi connectivity index (χ2v) is 8.16. The molecule has 0 radical (unpaired) electrons. The van der Waals surface area contributed by atoms with E-state index < -0.39 is 12.4 Å². The summed E-state index contributed by atoms with van der Waals surface area (Å²) in [6.07, 6.45) is 2.47. The van der Waals surface area contributed by atoms with Gasteiger partial charge in [-0.25, -0.2) is 9.79 Å². The van der Waals surface area contributed by atoms with E-state index in [-0.39, 0.29) is 5.92 Å². The highest BCUT2D eigenvalue weighted by atomic mass is 16.6. The zero-order valence-corrected chi connectivity index (χ0v) is 18.7. The van der Waals surface area contributed by atoms with Gasteiger partial charge in [0.1, 0.15) is 0 Å². The number of nitrogens with two attached hydrogens (primary N) is 1. The summed E-state index contributed by atoms with van der Waals surface area (Å²) < 4.78 is 5.72. The van der Waals surface area contributed by atoms with Gasteiger partial charge in [0.05, 0.1) is 11.4 Å². The second-order valence-electron chi connectivity index (χ2n) is 8.16. The van der Waals surface area contributed by atoms with Gasteiger partial charge < -0.3 is 14.5 Å². The maximum Gasteiger partial charge on any atom is 0.414 e. The molecule has 2 atom stereocenters. The average Bonchev–Trinajstić information content (AvgIpc) is 2.69. The molecule has 6 heteroatoms. The molecular weight excluding hydrogens is 364 g/mol. The van der Waals surface area contributed by atoms with E-state index in [0.29, 0.717) is 11.7 Å². The van der Waals surface area contributed by atoms with E-state index in [2.05, 4.69) is 36.1 Å². The molecular formula is C23H36N4O2. The van der Waals surface area contributed by atoms with Gasteiger partial charge in [-0.15, -0.1) is 0 Å². The maximum absolute atomic E-state index is 12.3. The monoisotopic (exact) mass is 400 g/mol. The van der Waals surface area contributed by atoms with Gasteiger partial charge in [-0.3, -0.25) is 5.73 Å². The van der Waals surface area contributed by atoms with E-state index in [1.165, 1.54) is 10.5 Å². The molecule has 0 bridgehead atoms. The van der Waals surface area contributed by atoms with Crippen molar-refractivity contribution < 1.29 is 9.53 Å². The predicted octanol–water partition coefficient (Wildman–Crippen LogP) is 4.55. The van der Waals surface area contributed by atoms with Gasteiger partial charge in [0.15, 0.2) is 12.0 Å². The first-order chi connectivity index (χ1) is 13.8. The van der Waals surface area contributed by atoms with Crippen molar-refractivity contribution in [1.29, 1.82) is 0 Å². The fourth-order valence-corrected chi connectivity index (χ4v) is 3.52. The van der Waals surface area contributed by atoms with Gasteiger partial charge >= 0.3 is 6.09 Å². The smallest absolute Gasteiger partial charge is 0.406 e. The summed E-state index contributed by atoms with van der Waals surface area (Å²) in [5.41, 5.74) is 9.36. The summed E-state index contributed by atoms with van der Waals surface area (Å²) >= 11 is 0. The third-order valence-corrected chi connectivity index (χ3v) is 5.28. The number of nitrogens with zero attached hydrogens (tertiary/aromatic N) is 3. The van der Waals surface area contributed by atoms with Crippen molar-refractivity contribution in [2.45, 2.75) is 59.2 Å². The molecule has 1 aromatic carbocycles. The number of amides is 1. The number of ether oxygens (including phenoxy) is 1. The molecule has 1 aromatic rings. The summed E-state index contributed by atoms with van der Waals surface area (Å²) in [4.78, 5) is 20.5. The van der Waals surface area contributed by atoms with Crippen LogP contribution in [0.2, 0.25) is 0 Å². The molecule has 1 amide bonds. The SMILES string of the molecule is CCCCC(CN1C(C)=C(OC(=O)N(C)C)C(C(C)C)=NC1N)c1ccccc1. The Labute approximate surface area is 175 Å². The molecule has 1 aliphatic rings. The number of aliphatic imine (C=N–C) groups is 1. The van der Waals surface area contributed by atoms with Crippen LogP contribution in [-0.4, -0.2) is 48.5 Å². The van der Waals surface area contributed by atoms with Crippen LogP contribution in [0.4, 0.5) is 4.79 Å². The minimum Gasteiger partial charge on any atom is -0.406 e. The van der Waals surface area contributed by atoms with Crippen molar-refractivity contribution in [3.63, 3.8) is 0 Å². The van der Waals surface area contributed by atoms with Gasteiger partial charge in [0, 0.05) is 26.6 Å². The first-order valence-electron chi connectivity index (χ1n) is 10.5. The second kappa shape index (κ2) is 10.4. The van der Waals surface area contributed by atoms with E-state index in [0.717, 1.165) is 37.2 Å². The summed E-state index contributed by atoms with van der Waals surface area (Å²) in [6.45, 7) is 8.97. The highest BCUT2D eigenvalue weighted by molar-refractivity contribution is 6.02. The number of carbonyl (C=O) groups excluding carboxylic acids is 1. The zero-order chi connectivity index (χ0) is 21.6. The number of hydrogen-bond donors (Lipinski definition) is 1. The Hall–Kier alpha value is -2.34. The molecule has 0 fully saturated rings. The third kappa shape index (κ3) is 5.82. The number of benzene rings is 1. The van der Waals surface area contributed by atoms with Gasteiger partial charge in [-0.05, 0) is 24.8 Å². The summed E-state index contributed by atoms with van der Waals surface area (Å²) in [6, 6.07) is 10.5. The molecule has 1 heterocycles. The fraction of sp³-hybridized carbons (Fsp3) is 0.565. The molecule has 2 rings (SSSR count). The highest BCUT2D eigenvalue weighted by Crippen LogP contribution is 2.30. The summed E-state index contributed by atoms with van der Waals surface area (Å²) in [5, 5.41) is 0. The van der Waals surface area contributed by atoms with E-state index in [1.807, 2.05) is 26.8 Å². The lowest BCUT2D eigenvalue weighted by Crippen LogP contribution is -2.47. The first kappa shape index (κ1) is 22.9. The van der Waals surface area contributed by atoms with E-state index in [9.17, 15) is 4.79 Å². The number of allylic oxidation sites excluding steroid dienone is 2. The molecule has 2 unspecified atom stereocenters. The van der Waals surface area contributed by atoms with Crippen LogP contribution in [0.5, 0.6) is 0 Å². The largest absolute Gasteiger partial charge is 0.414 e. The van der Waals surface area contributed by atoms with Crippen molar-refractivity contribution in [3.8, 4) is 0 Å². The normalized spacial score (nSPS) is 18.0. The lowest BCUT2D eigenvalue weighted by molar-refractivity contribution is 0.142. The Morgan fingerprint density at radius 2 is 1.93 bits per heavy atom. The maximum atomic E-state index is 12.3. The lowest BCUT2D eigenvalue weighted by Gasteiger charge is -2.38. The Bertz CT molecular complexity index is 741. The molecule has 1 aliphatic heterocycles. The summed E-state index contributed by atoms with van der Waals surface area (Å²) in [7, 11) is 3.35. The standard InChI is InChI=1S/C23H36N4O2/c1-7-8-12-19(18-13-10-9-11-14-18)15-27-17(4)21(29-23(28)26(5)6)20(16(2)3)25-22(27)24/h9-11,13-14,16,19,22H,7-8,12,15,24H2,1-6H3. The molecule has 160 valence electrons. The number of carbonyl (C=O) groups is 1. The summed E-state index contributed by atoms with van der Waals surface area (Å²) in [5.74, 6) is 0.967. The topological polar surface area (TPSA) is 71.2 Å². The van der Waals surface area contributed by atoms with Gasteiger partial charge in [0.2, 0.25) is 0 Å². The Balaban J connectivity index is 2.36. The molecule has 0 saturated heterocycles. The van der Waals surface area contributed by atoms with Crippen LogP contribution in [0.15, 0.2) is 46.8 Å². The van der Waals surface area contributed by atoms with Gasteiger partial charge in [-0.1, -0.05) is 63.9 Å². The van der Waals surface area contributed by atoms with Crippen molar-refractivity contribution in [2.24, 2.45) is 16.6 Å². The van der Waals surface area contributed by atoms with Crippen molar-refractivity contribution in [2.75, 3.05) is 20.6 Å². The lowest BCUT2D eigenvalue weighted by atomic mass is 9.92. The molecule has 29 heavy (non-hydrogen) atoms. The molecule has 0 spiro atoms. The number of hydrogen-bond acceptors (Lipinski definition) is 5. The van der Waals surface area contributed by atoms with Crippen LogP contribution in [0.1, 0.15) is 58.4 Å². The average molecular weight is 401 g/mol. The van der Waals surface area contributed by atoms with E-state index >= 15 is 0 Å². The first-order valence-corrected chi connectivity index (χ1v) is 10.5. The molecule has 0 saturated carbocycles. The number of rotatable bonds is 8. The third-order valence-electron chi connectivity index (χ3n) is 5.28. The molecule has 6 nitrogen and oxygen atoms in total.